The lowest BCUT2D eigenvalue weighted by molar-refractivity contribution is -0.168. The molecule has 188 valence electrons. The van der Waals surface area contributed by atoms with E-state index in [0.717, 1.165) is 53.9 Å². The van der Waals surface area contributed by atoms with E-state index in [-0.39, 0.29) is 17.0 Å². The molecule has 1 unspecified atom stereocenters. The second kappa shape index (κ2) is 11.5. The molecule has 3 aromatic rings. The Morgan fingerprint density at radius 3 is 2.51 bits per heavy atom. The summed E-state index contributed by atoms with van der Waals surface area (Å²) in [5.41, 5.74) is 4.68. The highest BCUT2D eigenvalue weighted by Gasteiger charge is 2.21. The van der Waals surface area contributed by atoms with Crippen LogP contribution in [0, 0.1) is 12.7 Å². The Kier molecular flexibility index (Phi) is 8.38. The lowest BCUT2D eigenvalue weighted by Crippen LogP contribution is -2.24. The van der Waals surface area contributed by atoms with E-state index in [2.05, 4.69) is 4.98 Å². The van der Waals surface area contributed by atoms with Crippen LogP contribution < -0.4 is 0 Å². The van der Waals surface area contributed by atoms with Crippen molar-refractivity contribution < 1.29 is 27.0 Å². The molecule has 1 atom stereocenters. The van der Waals surface area contributed by atoms with Crippen LogP contribution in [0.5, 0.6) is 0 Å². The molecule has 1 saturated heterocycles. The van der Waals surface area contributed by atoms with Crippen molar-refractivity contribution in [2.24, 2.45) is 0 Å². The van der Waals surface area contributed by atoms with Crippen molar-refractivity contribution in [1.82, 2.24) is 4.98 Å². The summed E-state index contributed by atoms with van der Waals surface area (Å²) in [7, 11) is -3.31. The second-order valence-corrected chi connectivity index (χ2v) is 10.8. The highest BCUT2D eigenvalue weighted by Crippen LogP contribution is 2.38. The fourth-order valence-corrected chi connectivity index (χ4v) is 5.01. The standard InChI is InChI=1S/C27H32FNO5S/c1-19-22(14-16-32-17-18-34-25-9-5-6-15-33-25)26(23-7-3-4-8-24(23)28)27(29-19)20-10-12-21(13-11-20)35(2,30)31/h3-4,7-8,10-13,25,29H,5-6,9,14-18H2,1-2H3. The van der Waals surface area contributed by atoms with Gasteiger partial charge in [0.1, 0.15) is 5.82 Å². The zero-order chi connectivity index (χ0) is 24.8. The predicted molar refractivity (Wildman–Crippen MR) is 134 cm³/mol. The molecule has 0 saturated carbocycles. The molecular weight excluding hydrogens is 469 g/mol. The van der Waals surface area contributed by atoms with Gasteiger partial charge in [0.2, 0.25) is 0 Å². The highest BCUT2D eigenvalue weighted by molar-refractivity contribution is 7.90. The quantitative estimate of drug-likeness (QED) is 0.382. The lowest BCUT2D eigenvalue weighted by Gasteiger charge is -2.22. The van der Waals surface area contributed by atoms with E-state index in [0.29, 0.717) is 31.8 Å². The molecule has 0 amide bonds. The Balaban J connectivity index is 1.52. The van der Waals surface area contributed by atoms with Crippen LogP contribution in [0.1, 0.15) is 30.5 Å². The lowest BCUT2D eigenvalue weighted by atomic mass is 9.95. The Bertz CT molecular complexity index is 1230. The van der Waals surface area contributed by atoms with E-state index >= 15 is 0 Å². The summed E-state index contributed by atoms with van der Waals surface area (Å²) in [6.45, 7) is 4.09. The Hall–Kier alpha value is -2.52. The molecule has 1 aromatic heterocycles. The van der Waals surface area contributed by atoms with Crippen molar-refractivity contribution in [3.8, 4) is 22.4 Å². The zero-order valence-electron chi connectivity index (χ0n) is 20.2. The molecule has 0 spiro atoms. The maximum absolute atomic E-state index is 14.9. The van der Waals surface area contributed by atoms with Gasteiger partial charge >= 0.3 is 0 Å². The van der Waals surface area contributed by atoms with E-state index in [1.54, 1.807) is 36.4 Å². The van der Waals surface area contributed by atoms with Gasteiger partial charge in [-0.2, -0.15) is 0 Å². The molecule has 1 N–H and O–H groups in total. The average molecular weight is 502 g/mol. The number of rotatable bonds is 10. The van der Waals surface area contributed by atoms with Gasteiger partial charge in [0.25, 0.3) is 0 Å². The first-order valence-electron chi connectivity index (χ1n) is 11.9. The monoisotopic (exact) mass is 501 g/mol. The third-order valence-electron chi connectivity index (χ3n) is 6.20. The predicted octanol–water partition coefficient (Wildman–Crippen LogP) is 5.30. The number of aryl methyl sites for hydroxylation is 1. The van der Waals surface area contributed by atoms with E-state index in [9.17, 15) is 12.8 Å². The molecule has 8 heteroatoms. The van der Waals surface area contributed by atoms with E-state index in [1.165, 1.54) is 12.3 Å². The van der Waals surface area contributed by atoms with E-state index in [4.69, 9.17) is 14.2 Å². The number of halogens is 1. The molecular formula is C27H32FNO5S. The third kappa shape index (κ3) is 6.38. The van der Waals surface area contributed by atoms with Crippen molar-refractivity contribution in [2.75, 3.05) is 32.7 Å². The van der Waals surface area contributed by atoms with Crippen molar-refractivity contribution >= 4 is 9.84 Å². The number of benzene rings is 2. The van der Waals surface area contributed by atoms with Crippen LogP contribution in [0.4, 0.5) is 4.39 Å². The molecule has 6 nitrogen and oxygen atoms in total. The molecule has 4 rings (SSSR count). The molecule has 1 aliphatic heterocycles. The number of hydrogen-bond donors (Lipinski definition) is 1. The molecule has 2 heterocycles. The normalized spacial score (nSPS) is 16.5. The SMILES string of the molecule is Cc1[nH]c(-c2ccc(S(C)(=O)=O)cc2)c(-c2ccccc2F)c1CCOCCOC1CCCCO1. The summed E-state index contributed by atoms with van der Waals surface area (Å²) in [6.07, 6.45) is 4.76. The van der Waals surface area contributed by atoms with Crippen LogP contribution in [0.15, 0.2) is 53.4 Å². The van der Waals surface area contributed by atoms with Crippen molar-refractivity contribution in [3.63, 3.8) is 0 Å². The van der Waals surface area contributed by atoms with Gasteiger partial charge in [-0.3, -0.25) is 0 Å². The largest absolute Gasteiger partial charge is 0.379 e. The summed E-state index contributed by atoms with van der Waals surface area (Å²) in [5.74, 6) is -0.316. The van der Waals surface area contributed by atoms with E-state index in [1.807, 2.05) is 13.0 Å². The van der Waals surface area contributed by atoms with Crippen LogP contribution in [0.25, 0.3) is 22.4 Å². The zero-order valence-corrected chi connectivity index (χ0v) is 21.0. The topological polar surface area (TPSA) is 77.6 Å². The number of aromatic nitrogens is 1. The maximum atomic E-state index is 14.9. The third-order valence-corrected chi connectivity index (χ3v) is 7.33. The average Bonchev–Trinajstić information content (AvgIpc) is 3.17. The van der Waals surface area contributed by atoms with Crippen LogP contribution in [0.2, 0.25) is 0 Å². The fraction of sp³-hybridized carbons (Fsp3) is 0.407. The molecule has 1 fully saturated rings. The van der Waals surface area contributed by atoms with Gasteiger partial charge in [0, 0.05) is 29.7 Å². The van der Waals surface area contributed by atoms with Gasteiger partial charge in [-0.05, 0) is 61.9 Å². The van der Waals surface area contributed by atoms with Gasteiger partial charge in [-0.25, -0.2) is 12.8 Å². The minimum absolute atomic E-state index is 0.136. The fourth-order valence-electron chi connectivity index (χ4n) is 4.38. The number of aromatic amines is 1. The highest BCUT2D eigenvalue weighted by atomic mass is 32.2. The van der Waals surface area contributed by atoms with Gasteiger partial charge in [-0.15, -0.1) is 0 Å². The molecule has 2 aromatic carbocycles. The van der Waals surface area contributed by atoms with Crippen molar-refractivity contribution in [2.45, 2.75) is 43.8 Å². The first-order valence-corrected chi connectivity index (χ1v) is 13.8. The molecule has 0 aliphatic carbocycles. The van der Waals surface area contributed by atoms with Crippen LogP contribution in [0.3, 0.4) is 0 Å². The van der Waals surface area contributed by atoms with Crippen LogP contribution >= 0.6 is 0 Å². The number of nitrogens with one attached hydrogen (secondary N) is 1. The number of H-pyrrole nitrogens is 1. The number of ether oxygens (including phenoxy) is 3. The number of sulfone groups is 1. The second-order valence-electron chi connectivity index (χ2n) is 8.78. The van der Waals surface area contributed by atoms with Gasteiger partial charge in [-0.1, -0.05) is 30.3 Å². The Morgan fingerprint density at radius 1 is 1.06 bits per heavy atom. The van der Waals surface area contributed by atoms with Gasteiger partial charge in [0.05, 0.1) is 30.4 Å². The maximum Gasteiger partial charge on any atom is 0.175 e. The summed E-state index contributed by atoms with van der Waals surface area (Å²) in [5, 5.41) is 0. The van der Waals surface area contributed by atoms with E-state index < -0.39 is 9.84 Å². The van der Waals surface area contributed by atoms with Crippen molar-refractivity contribution in [3.05, 3.63) is 65.6 Å². The van der Waals surface area contributed by atoms with Crippen molar-refractivity contribution in [1.29, 1.82) is 0 Å². The summed E-state index contributed by atoms with van der Waals surface area (Å²) in [4.78, 5) is 3.64. The minimum atomic E-state index is -3.31. The summed E-state index contributed by atoms with van der Waals surface area (Å²) in [6, 6.07) is 13.3. The van der Waals surface area contributed by atoms with Crippen LogP contribution in [-0.4, -0.2) is 52.4 Å². The van der Waals surface area contributed by atoms with Gasteiger partial charge < -0.3 is 19.2 Å². The number of hydrogen-bond acceptors (Lipinski definition) is 5. The summed E-state index contributed by atoms with van der Waals surface area (Å²) < 4.78 is 55.7. The summed E-state index contributed by atoms with van der Waals surface area (Å²) >= 11 is 0. The molecule has 35 heavy (non-hydrogen) atoms. The molecule has 0 bridgehead atoms. The first kappa shape index (κ1) is 25.6. The molecule has 1 aliphatic rings. The molecule has 0 radical (unpaired) electrons. The van der Waals surface area contributed by atoms with Crippen LogP contribution in [-0.2, 0) is 30.5 Å². The smallest absolute Gasteiger partial charge is 0.175 e. The Morgan fingerprint density at radius 2 is 1.83 bits per heavy atom. The first-order chi connectivity index (χ1) is 16.8. The van der Waals surface area contributed by atoms with Gasteiger partial charge in [0.15, 0.2) is 16.1 Å². The minimum Gasteiger partial charge on any atom is -0.379 e. The Labute approximate surface area is 206 Å².